The lowest BCUT2D eigenvalue weighted by atomic mass is 10.2. The molecule has 0 spiro atoms. The Hall–Kier alpha value is -2.47. The molecule has 1 heterocycles. The van der Waals surface area contributed by atoms with Crippen LogP contribution in [0.4, 0.5) is 5.69 Å². The number of nitro groups is 1. The minimum absolute atomic E-state index is 0.0306. The number of hydrogen-bond donors (Lipinski definition) is 1. The third-order valence-electron chi connectivity index (χ3n) is 2.57. The van der Waals surface area contributed by atoms with Gasteiger partial charge in [0.15, 0.2) is 0 Å². The van der Waals surface area contributed by atoms with E-state index in [2.05, 4.69) is 5.10 Å². The first-order valence-corrected chi connectivity index (χ1v) is 5.87. The van der Waals surface area contributed by atoms with Gasteiger partial charge in [-0.15, -0.1) is 0 Å². The van der Waals surface area contributed by atoms with E-state index in [0.717, 1.165) is 12.0 Å². The number of rotatable bonds is 5. The maximum atomic E-state index is 10.9. The molecule has 0 fully saturated rings. The van der Waals surface area contributed by atoms with E-state index in [-0.39, 0.29) is 5.69 Å². The van der Waals surface area contributed by atoms with Crippen LogP contribution in [-0.2, 0) is 0 Å². The molecule has 2 aromatic rings. The average molecular weight is 258 g/mol. The smallest absolute Gasteiger partial charge is 0.294 e. The fourth-order valence-electron chi connectivity index (χ4n) is 1.68. The van der Waals surface area contributed by atoms with E-state index in [1.165, 1.54) is 10.7 Å². The summed E-state index contributed by atoms with van der Waals surface area (Å²) in [6.45, 7) is 0.592. The van der Waals surface area contributed by atoms with Gasteiger partial charge in [0.2, 0.25) is 0 Å². The van der Waals surface area contributed by atoms with Crippen molar-refractivity contribution < 1.29 is 4.92 Å². The summed E-state index contributed by atoms with van der Waals surface area (Å²) < 4.78 is 1.50. The standard InChI is InChI=1S/C13H14N4O2/c14-8-4-3-5-11-9-15-16(10-11)12-6-1-2-7-13(12)17(18)19/h1-3,5-7,9-10H,4,8,14H2. The minimum atomic E-state index is -0.416. The lowest BCUT2D eigenvalue weighted by Gasteiger charge is -2.01. The summed E-state index contributed by atoms with van der Waals surface area (Å²) in [7, 11) is 0. The van der Waals surface area contributed by atoms with Crippen LogP contribution in [-0.4, -0.2) is 21.2 Å². The molecule has 0 aliphatic rings. The second-order valence-electron chi connectivity index (χ2n) is 3.94. The van der Waals surface area contributed by atoms with E-state index in [1.54, 1.807) is 30.6 Å². The van der Waals surface area contributed by atoms with Crippen molar-refractivity contribution in [2.45, 2.75) is 6.42 Å². The highest BCUT2D eigenvalue weighted by molar-refractivity contribution is 5.54. The van der Waals surface area contributed by atoms with Crippen LogP contribution >= 0.6 is 0 Å². The van der Waals surface area contributed by atoms with Gasteiger partial charge in [-0.2, -0.15) is 5.10 Å². The van der Waals surface area contributed by atoms with Crippen molar-refractivity contribution in [3.8, 4) is 5.69 Å². The van der Waals surface area contributed by atoms with Crippen molar-refractivity contribution in [1.29, 1.82) is 0 Å². The van der Waals surface area contributed by atoms with Crippen molar-refractivity contribution in [2.24, 2.45) is 5.73 Å². The SMILES string of the molecule is NCCC=Cc1cnn(-c2ccccc2[N+](=O)[O-])c1. The van der Waals surface area contributed by atoms with E-state index in [9.17, 15) is 10.1 Å². The number of nitrogens with zero attached hydrogens (tertiary/aromatic N) is 3. The van der Waals surface area contributed by atoms with Gasteiger partial charge in [0, 0.05) is 17.8 Å². The normalized spacial score (nSPS) is 11.0. The molecule has 0 aliphatic heterocycles. The molecule has 19 heavy (non-hydrogen) atoms. The summed E-state index contributed by atoms with van der Waals surface area (Å²) in [5.74, 6) is 0. The Morgan fingerprint density at radius 1 is 1.42 bits per heavy atom. The molecule has 6 nitrogen and oxygen atoms in total. The molecule has 0 saturated carbocycles. The molecule has 0 bridgehead atoms. The molecule has 0 amide bonds. The van der Waals surface area contributed by atoms with Gasteiger partial charge < -0.3 is 5.73 Å². The Morgan fingerprint density at radius 3 is 2.95 bits per heavy atom. The Kier molecular flexibility index (Phi) is 4.04. The Balaban J connectivity index is 2.30. The van der Waals surface area contributed by atoms with Crippen molar-refractivity contribution in [2.75, 3.05) is 6.54 Å². The van der Waals surface area contributed by atoms with Gasteiger partial charge in [0.25, 0.3) is 5.69 Å². The molecule has 0 atom stereocenters. The summed E-state index contributed by atoms with van der Waals surface area (Å²) in [5.41, 5.74) is 6.76. The van der Waals surface area contributed by atoms with Gasteiger partial charge in [-0.1, -0.05) is 24.3 Å². The van der Waals surface area contributed by atoms with Gasteiger partial charge in [-0.3, -0.25) is 10.1 Å². The number of hydrogen-bond acceptors (Lipinski definition) is 4. The first kappa shape index (κ1) is 13.0. The molecule has 6 heteroatoms. The van der Waals surface area contributed by atoms with Crippen molar-refractivity contribution in [3.05, 3.63) is 58.4 Å². The molecule has 0 unspecified atom stereocenters. The third kappa shape index (κ3) is 3.05. The summed E-state index contributed by atoms with van der Waals surface area (Å²) in [5, 5.41) is 15.1. The first-order chi connectivity index (χ1) is 9.22. The second-order valence-corrected chi connectivity index (χ2v) is 3.94. The maximum absolute atomic E-state index is 10.9. The Morgan fingerprint density at radius 2 is 2.21 bits per heavy atom. The molecular weight excluding hydrogens is 244 g/mol. The maximum Gasteiger partial charge on any atom is 0.294 e. The summed E-state index contributed by atoms with van der Waals surface area (Å²) in [4.78, 5) is 10.5. The van der Waals surface area contributed by atoms with E-state index >= 15 is 0 Å². The van der Waals surface area contributed by atoms with Gasteiger partial charge in [-0.25, -0.2) is 4.68 Å². The predicted molar refractivity (Wildman–Crippen MR) is 72.9 cm³/mol. The highest BCUT2D eigenvalue weighted by atomic mass is 16.6. The van der Waals surface area contributed by atoms with Crippen molar-refractivity contribution in [1.82, 2.24) is 9.78 Å². The van der Waals surface area contributed by atoms with Crippen molar-refractivity contribution in [3.63, 3.8) is 0 Å². The van der Waals surface area contributed by atoms with Crippen molar-refractivity contribution >= 4 is 11.8 Å². The van der Waals surface area contributed by atoms with Gasteiger partial charge in [-0.05, 0) is 19.0 Å². The van der Waals surface area contributed by atoms with E-state index < -0.39 is 4.92 Å². The van der Waals surface area contributed by atoms with Gasteiger partial charge in [0.1, 0.15) is 5.69 Å². The Labute approximate surface area is 110 Å². The lowest BCUT2D eigenvalue weighted by molar-refractivity contribution is -0.384. The summed E-state index contributed by atoms with van der Waals surface area (Å²) in [6, 6.07) is 6.50. The predicted octanol–water partition coefficient (Wildman–Crippen LogP) is 2.14. The van der Waals surface area contributed by atoms with Gasteiger partial charge in [0.05, 0.1) is 11.1 Å². The van der Waals surface area contributed by atoms with Crippen LogP contribution in [0.2, 0.25) is 0 Å². The van der Waals surface area contributed by atoms with Gasteiger partial charge >= 0.3 is 0 Å². The largest absolute Gasteiger partial charge is 0.330 e. The number of nitrogens with two attached hydrogens (primary N) is 1. The van der Waals surface area contributed by atoms with Crippen LogP contribution in [0, 0.1) is 10.1 Å². The quantitative estimate of drug-likeness (QED) is 0.657. The zero-order valence-corrected chi connectivity index (χ0v) is 10.3. The summed E-state index contributed by atoms with van der Waals surface area (Å²) in [6.07, 6.45) is 8.03. The van der Waals surface area contributed by atoms with Crippen LogP contribution in [0.3, 0.4) is 0 Å². The first-order valence-electron chi connectivity index (χ1n) is 5.87. The third-order valence-corrected chi connectivity index (χ3v) is 2.57. The number of nitro benzene ring substituents is 1. The molecule has 0 aliphatic carbocycles. The van der Waals surface area contributed by atoms with E-state index in [1.807, 2.05) is 12.2 Å². The minimum Gasteiger partial charge on any atom is -0.330 e. The summed E-state index contributed by atoms with van der Waals surface area (Å²) >= 11 is 0. The second kappa shape index (κ2) is 5.92. The lowest BCUT2D eigenvalue weighted by Crippen LogP contribution is -1.99. The monoisotopic (exact) mass is 258 g/mol. The molecular formula is C13H14N4O2. The van der Waals surface area contributed by atoms with E-state index in [0.29, 0.717) is 12.2 Å². The van der Waals surface area contributed by atoms with Crippen LogP contribution in [0.5, 0.6) is 0 Å². The zero-order valence-electron chi connectivity index (χ0n) is 10.3. The number of aromatic nitrogens is 2. The fourth-order valence-corrected chi connectivity index (χ4v) is 1.68. The molecule has 0 saturated heterocycles. The van der Waals surface area contributed by atoms with E-state index in [4.69, 9.17) is 5.73 Å². The fraction of sp³-hybridized carbons (Fsp3) is 0.154. The average Bonchev–Trinajstić information content (AvgIpc) is 2.88. The highest BCUT2D eigenvalue weighted by Gasteiger charge is 2.14. The van der Waals surface area contributed by atoms with Crippen LogP contribution < -0.4 is 5.73 Å². The highest BCUT2D eigenvalue weighted by Crippen LogP contribution is 2.21. The van der Waals surface area contributed by atoms with Crippen LogP contribution in [0.25, 0.3) is 11.8 Å². The van der Waals surface area contributed by atoms with Crippen LogP contribution in [0.1, 0.15) is 12.0 Å². The molecule has 2 N–H and O–H groups in total. The molecule has 2 rings (SSSR count). The molecule has 1 aromatic carbocycles. The molecule has 0 radical (unpaired) electrons. The number of para-hydroxylation sites is 2. The van der Waals surface area contributed by atoms with Crippen LogP contribution in [0.15, 0.2) is 42.7 Å². The topological polar surface area (TPSA) is 87.0 Å². The molecule has 98 valence electrons. The molecule has 1 aromatic heterocycles. The Bertz CT molecular complexity index is 604. The number of benzene rings is 1. The zero-order chi connectivity index (χ0) is 13.7.